The van der Waals surface area contributed by atoms with Crippen LogP contribution in [0.4, 0.5) is 0 Å². The molecule has 33 heavy (non-hydrogen) atoms. The molecule has 2 aromatic heterocycles. The normalized spacial score (nSPS) is 18.5. The van der Waals surface area contributed by atoms with E-state index >= 15 is 0 Å². The van der Waals surface area contributed by atoms with Crippen molar-refractivity contribution in [2.24, 2.45) is 11.7 Å². The molecule has 5 N–H and O–H groups in total. The molecular weight excluding hydrogens is 418 g/mol. The number of carbonyl (C=O) groups excluding carboxylic acids is 3. The van der Waals surface area contributed by atoms with Gasteiger partial charge in [-0.25, -0.2) is 0 Å². The Labute approximate surface area is 192 Å². The Balaban J connectivity index is 1.67. The van der Waals surface area contributed by atoms with E-state index in [1.807, 2.05) is 44.2 Å². The van der Waals surface area contributed by atoms with Gasteiger partial charge >= 0.3 is 0 Å². The molecule has 1 aromatic carbocycles. The number of benzene rings is 1. The van der Waals surface area contributed by atoms with Crippen LogP contribution in [-0.2, 0) is 33.6 Å². The second-order valence-corrected chi connectivity index (χ2v) is 9.07. The minimum atomic E-state index is -1.19. The highest BCUT2D eigenvalue weighted by Crippen LogP contribution is 2.34. The van der Waals surface area contributed by atoms with Crippen molar-refractivity contribution in [2.45, 2.75) is 51.1 Å². The van der Waals surface area contributed by atoms with Gasteiger partial charge in [0.25, 0.3) is 0 Å². The number of pyridine rings is 1. The van der Waals surface area contributed by atoms with Crippen LogP contribution in [0.5, 0.6) is 0 Å². The maximum absolute atomic E-state index is 13.6. The summed E-state index contributed by atoms with van der Waals surface area (Å²) in [5.74, 6) is -1.45. The minimum Gasteiger partial charge on any atom is -0.368 e. The number of fused-ring (bicyclic) bond motifs is 3. The Morgan fingerprint density at radius 1 is 1.18 bits per heavy atom. The number of aryl methyl sites for hydroxylation is 1. The highest BCUT2D eigenvalue weighted by atomic mass is 16.2. The summed E-state index contributed by atoms with van der Waals surface area (Å²) in [5.41, 5.74) is 8.18. The second kappa shape index (κ2) is 9.05. The highest BCUT2D eigenvalue weighted by molar-refractivity contribution is 5.96. The Morgan fingerprint density at radius 3 is 2.67 bits per heavy atom. The van der Waals surface area contributed by atoms with Crippen molar-refractivity contribution >= 4 is 28.6 Å². The molecule has 2 heterocycles. The van der Waals surface area contributed by atoms with Crippen molar-refractivity contribution in [1.82, 2.24) is 20.6 Å². The van der Waals surface area contributed by atoms with E-state index in [-0.39, 0.29) is 18.2 Å². The molecule has 0 unspecified atom stereocenters. The molecule has 172 valence electrons. The largest absolute Gasteiger partial charge is 0.368 e. The molecule has 3 aromatic rings. The number of primary amides is 1. The van der Waals surface area contributed by atoms with E-state index in [1.165, 1.54) is 0 Å². The number of hydrogen-bond acceptors (Lipinski definition) is 4. The van der Waals surface area contributed by atoms with Gasteiger partial charge in [-0.1, -0.05) is 38.1 Å². The van der Waals surface area contributed by atoms with Crippen molar-refractivity contribution < 1.29 is 14.4 Å². The van der Waals surface area contributed by atoms with Crippen LogP contribution in [0, 0.1) is 5.92 Å². The third kappa shape index (κ3) is 4.60. The van der Waals surface area contributed by atoms with E-state index in [9.17, 15) is 14.4 Å². The van der Waals surface area contributed by atoms with E-state index in [0.717, 1.165) is 27.7 Å². The second-order valence-electron chi connectivity index (χ2n) is 9.07. The fraction of sp³-hybridized carbons (Fsp3) is 0.360. The molecular formula is C25H29N5O3. The average Bonchev–Trinajstić information content (AvgIpc) is 3.15. The molecule has 0 saturated heterocycles. The van der Waals surface area contributed by atoms with E-state index in [0.29, 0.717) is 19.3 Å². The van der Waals surface area contributed by atoms with Crippen LogP contribution in [0.2, 0.25) is 0 Å². The van der Waals surface area contributed by atoms with Crippen molar-refractivity contribution in [3.05, 3.63) is 65.6 Å². The van der Waals surface area contributed by atoms with Crippen molar-refractivity contribution in [2.75, 3.05) is 0 Å². The van der Waals surface area contributed by atoms with Gasteiger partial charge < -0.3 is 21.4 Å². The lowest BCUT2D eigenvalue weighted by Crippen LogP contribution is -2.64. The zero-order valence-electron chi connectivity index (χ0n) is 18.9. The summed E-state index contributed by atoms with van der Waals surface area (Å²) in [7, 11) is 0. The van der Waals surface area contributed by atoms with Crippen LogP contribution < -0.4 is 16.4 Å². The third-order valence-corrected chi connectivity index (χ3v) is 6.34. The first-order chi connectivity index (χ1) is 15.8. The average molecular weight is 448 g/mol. The zero-order valence-corrected chi connectivity index (χ0v) is 18.9. The Hall–Kier alpha value is -3.68. The molecule has 0 saturated carbocycles. The maximum Gasteiger partial charge on any atom is 0.246 e. The van der Waals surface area contributed by atoms with E-state index in [2.05, 4.69) is 20.6 Å². The fourth-order valence-corrected chi connectivity index (χ4v) is 4.60. The minimum absolute atomic E-state index is 0.104. The van der Waals surface area contributed by atoms with Crippen LogP contribution in [0.1, 0.15) is 37.1 Å². The molecule has 0 fully saturated rings. The van der Waals surface area contributed by atoms with Crippen LogP contribution in [0.25, 0.3) is 10.9 Å². The smallest absolute Gasteiger partial charge is 0.246 e. The van der Waals surface area contributed by atoms with Crippen molar-refractivity contribution in [1.29, 1.82) is 0 Å². The van der Waals surface area contributed by atoms with Crippen LogP contribution in [-0.4, -0.2) is 39.3 Å². The number of rotatable bonds is 7. The fourth-order valence-electron chi connectivity index (χ4n) is 4.60. The number of aromatic amines is 1. The van der Waals surface area contributed by atoms with Gasteiger partial charge in [-0.3, -0.25) is 19.4 Å². The molecule has 4 rings (SSSR count). The van der Waals surface area contributed by atoms with Gasteiger partial charge in [0, 0.05) is 35.4 Å². The quantitative estimate of drug-likeness (QED) is 0.440. The predicted molar refractivity (Wildman–Crippen MR) is 125 cm³/mol. The SMILES string of the molecule is CC(C)[C@H](NC(=O)[C@@]1(NC(=O)Cc2cccnc2)CCc2[nH]c3ccccc3c2C1)C(N)=O. The van der Waals surface area contributed by atoms with Gasteiger partial charge in [-0.15, -0.1) is 0 Å². The van der Waals surface area contributed by atoms with E-state index < -0.39 is 23.4 Å². The zero-order chi connectivity index (χ0) is 23.6. The lowest BCUT2D eigenvalue weighted by molar-refractivity contribution is -0.136. The topological polar surface area (TPSA) is 130 Å². The number of hydrogen-bond donors (Lipinski definition) is 4. The molecule has 0 radical (unpaired) electrons. The first kappa shape index (κ1) is 22.5. The van der Waals surface area contributed by atoms with Crippen LogP contribution in [0.15, 0.2) is 48.8 Å². The lowest BCUT2D eigenvalue weighted by atomic mass is 9.78. The van der Waals surface area contributed by atoms with Crippen molar-refractivity contribution in [3.63, 3.8) is 0 Å². The first-order valence-corrected chi connectivity index (χ1v) is 11.2. The lowest BCUT2D eigenvalue weighted by Gasteiger charge is -2.38. The van der Waals surface area contributed by atoms with Gasteiger partial charge in [0.1, 0.15) is 11.6 Å². The Bertz CT molecular complexity index is 1190. The molecule has 1 aliphatic carbocycles. The summed E-state index contributed by atoms with van der Waals surface area (Å²) in [5, 5.41) is 6.86. The summed E-state index contributed by atoms with van der Waals surface area (Å²) in [6, 6.07) is 10.7. The number of para-hydroxylation sites is 1. The standard InChI is InChI=1S/C25H29N5O3/c1-15(2)22(23(26)32)29-24(33)25(30-21(31)12-16-6-5-11-27-14-16)10-9-20-18(13-25)17-7-3-4-8-19(17)28-20/h3-8,11,14-15,22,28H,9-10,12-13H2,1-2H3,(H2,26,32)(H,29,33)(H,30,31)/t22-,25+/m0/s1. The number of H-pyrrole nitrogens is 1. The number of nitrogens with zero attached hydrogens (tertiary/aromatic N) is 1. The van der Waals surface area contributed by atoms with Gasteiger partial charge in [-0.05, 0) is 42.0 Å². The van der Waals surface area contributed by atoms with Gasteiger partial charge in [-0.2, -0.15) is 0 Å². The van der Waals surface area contributed by atoms with Gasteiger partial charge in [0.2, 0.25) is 17.7 Å². The predicted octanol–water partition coefficient (Wildman–Crippen LogP) is 1.78. The summed E-state index contributed by atoms with van der Waals surface area (Å²) >= 11 is 0. The number of carbonyl (C=O) groups is 3. The monoisotopic (exact) mass is 447 g/mol. The van der Waals surface area contributed by atoms with Crippen molar-refractivity contribution in [3.8, 4) is 0 Å². The summed E-state index contributed by atoms with van der Waals surface area (Å²) < 4.78 is 0. The molecule has 0 spiro atoms. The highest BCUT2D eigenvalue weighted by Gasteiger charge is 2.45. The Kier molecular flexibility index (Phi) is 6.18. The molecule has 0 bridgehead atoms. The molecule has 2 atom stereocenters. The van der Waals surface area contributed by atoms with Crippen LogP contribution in [0.3, 0.4) is 0 Å². The summed E-state index contributed by atoms with van der Waals surface area (Å²) in [6.07, 6.45) is 4.70. The number of nitrogens with two attached hydrogens (primary N) is 1. The first-order valence-electron chi connectivity index (χ1n) is 11.2. The number of aromatic nitrogens is 2. The molecule has 8 heteroatoms. The Morgan fingerprint density at radius 2 is 1.97 bits per heavy atom. The number of nitrogens with one attached hydrogen (secondary N) is 3. The van der Waals surface area contributed by atoms with Gasteiger partial charge in [0.05, 0.1) is 6.42 Å². The van der Waals surface area contributed by atoms with Gasteiger partial charge in [0.15, 0.2) is 0 Å². The third-order valence-electron chi connectivity index (χ3n) is 6.34. The maximum atomic E-state index is 13.6. The molecule has 0 aliphatic heterocycles. The molecule has 8 nitrogen and oxygen atoms in total. The van der Waals surface area contributed by atoms with Crippen LogP contribution >= 0.6 is 0 Å². The number of amides is 3. The summed E-state index contributed by atoms with van der Waals surface area (Å²) in [6.45, 7) is 3.64. The summed E-state index contributed by atoms with van der Waals surface area (Å²) in [4.78, 5) is 46.1. The molecule has 3 amide bonds. The molecule has 1 aliphatic rings. The van der Waals surface area contributed by atoms with E-state index in [4.69, 9.17) is 5.73 Å². The van der Waals surface area contributed by atoms with E-state index in [1.54, 1.807) is 18.5 Å².